The van der Waals surface area contributed by atoms with Crippen LogP contribution in [0, 0.1) is 0 Å². The van der Waals surface area contributed by atoms with E-state index in [1.54, 1.807) is 0 Å². The lowest BCUT2D eigenvalue weighted by Gasteiger charge is -2.29. The molecule has 4 heterocycles. The summed E-state index contributed by atoms with van der Waals surface area (Å²) in [5.74, 6) is -1.58. The third-order valence-electron chi connectivity index (χ3n) is 5.01. The van der Waals surface area contributed by atoms with Crippen molar-refractivity contribution in [1.29, 1.82) is 0 Å². The van der Waals surface area contributed by atoms with E-state index >= 15 is 0 Å². The van der Waals surface area contributed by atoms with Gasteiger partial charge < -0.3 is 39.7 Å². The Morgan fingerprint density at radius 2 is 1.91 bits per heavy atom. The number of nitrogens with one attached hydrogen (secondary N) is 1. The molecular weight excluding hydrogens is 514 g/mol. The first-order valence-electron chi connectivity index (χ1n) is 9.31. The molecule has 4 rings (SSSR count). The molecule has 0 bridgehead atoms. The van der Waals surface area contributed by atoms with Crippen LogP contribution in [0.25, 0.3) is 11.2 Å². The minimum atomic E-state index is -6.45. The van der Waals surface area contributed by atoms with Gasteiger partial charge in [-0.1, -0.05) is 0 Å². The lowest BCUT2D eigenvalue weighted by molar-refractivity contribution is -0.226. The number of ether oxygens (including phenoxy) is 3. The molecule has 0 aliphatic carbocycles. The molecule has 2 aromatic rings. The first-order valence-corrected chi connectivity index (χ1v) is 12.5. The average molecular weight is 533 g/mol. The number of nitrogen functional groups attached to an aromatic ring is 1. The number of hydrogen-bond acceptors (Lipinski definition) is 11. The predicted molar refractivity (Wildman–Crippen MR) is 104 cm³/mol. The third kappa shape index (κ3) is 3.99. The Kier molecular flexibility index (Phi) is 5.81. The van der Waals surface area contributed by atoms with Gasteiger partial charge in [-0.2, -0.15) is 13.8 Å². The molecule has 0 radical (unpaired) electrons. The zero-order valence-corrected chi connectivity index (χ0v) is 19.0. The van der Waals surface area contributed by atoms with Gasteiger partial charge in [0.15, 0.2) is 29.5 Å². The first kappa shape index (κ1) is 25.2. The quantitative estimate of drug-likeness (QED) is 0.200. The molecular formula is C14H19F2N5O11P2. The minimum absolute atomic E-state index is 0.0739. The van der Waals surface area contributed by atoms with Gasteiger partial charge in [0.25, 0.3) is 5.56 Å². The molecule has 2 fully saturated rings. The summed E-state index contributed by atoms with van der Waals surface area (Å²) in [4.78, 5) is 49.2. The lowest BCUT2D eigenvalue weighted by Crippen LogP contribution is -2.40. The maximum atomic E-state index is 13.8. The molecule has 2 saturated heterocycles. The number of fused-ring (bicyclic) bond motifs is 2. The number of rotatable bonds is 6. The Labute approximate surface area is 187 Å². The molecule has 20 heteroatoms. The average Bonchev–Trinajstić information content (AvgIpc) is 3.30. The summed E-state index contributed by atoms with van der Waals surface area (Å²) in [5.41, 5.74) is 4.67. The number of alkyl halides is 2. The Hall–Kier alpha value is -1.85. The van der Waals surface area contributed by atoms with E-state index in [0.29, 0.717) is 0 Å². The molecule has 0 amide bonds. The van der Waals surface area contributed by atoms with Crippen LogP contribution in [-0.4, -0.2) is 75.1 Å². The fourth-order valence-corrected chi connectivity index (χ4v) is 5.62. The zero-order chi connectivity index (χ0) is 25.4. The van der Waals surface area contributed by atoms with Crippen molar-refractivity contribution in [2.24, 2.45) is 0 Å². The van der Waals surface area contributed by atoms with Gasteiger partial charge in [0.1, 0.15) is 18.3 Å². The van der Waals surface area contributed by atoms with Crippen LogP contribution in [0.15, 0.2) is 11.1 Å². The van der Waals surface area contributed by atoms with Crippen molar-refractivity contribution >= 4 is 32.3 Å². The van der Waals surface area contributed by atoms with E-state index in [9.17, 15) is 32.7 Å². The standard InChI is InChI=1S/C14H19F2N5O11P2/c1-13(2)30-5-6(31-13)10(21-3-18-4-8(21)19-12(17)20-9(4)22)29-7(5)11(23)32-34(27,28)14(15,16)33(24,25)26/h3,5-7,10-11,23H,1-2H3,(H,27,28)(H2,24,25,26)(H3,17,19,20,22)/t5-,6+,7-,10+,11?/m0/s1. The Morgan fingerprint density at radius 1 is 1.29 bits per heavy atom. The van der Waals surface area contributed by atoms with Crippen LogP contribution >= 0.6 is 15.2 Å². The fraction of sp³-hybridized carbons (Fsp3) is 0.643. The summed E-state index contributed by atoms with van der Waals surface area (Å²) in [6, 6.07) is 0. The molecule has 16 nitrogen and oxygen atoms in total. The number of anilines is 1. The number of H-pyrrole nitrogens is 1. The highest BCUT2D eigenvalue weighted by Gasteiger charge is 2.67. The number of imidazole rings is 1. The van der Waals surface area contributed by atoms with E-state index in [2.05, 4.69) is 19.5 Å². The van der Waals surface area contributed by atoms with Gasteiger partial charge in [0.2, 0.25) is 5.95 Å². The highest BCUT2D eigenvalue weighted by Crippen LogP contribution is 2.73. The number of nitrogens with two attached hydrogens (primary N) is 1. The zero-order valence-electron chi connectivity index (χ0n) is 17.2. The van der Waals surface area contributed by atoms with E-state index in [4.69, 9.17) is 29.7 Å². The van der Waals surface area contributed by atoms with Crippen molar-refractivity contribution in [1.82, 2.24) is 19.5 Å². The highest BCUT2D eigenvalue weighted by molar-refractivity contribution is 7.72. The van der Waals surface area contributed by atoms with Crippen LogP contribution in [-0.2, 0) is 27.9 Å². The van der Waals surface area contributed by atoms with Crippen LogP contribution in [0.5, 0.6) is 0 Å². The van der Waals surface area contributed by atoms with Crippen molar-refractivity contribution in [2.45, 2.75) is 55.9 Å². The number of aliphatic hydroxyl groups excluding tert-OH is 1. The molecule has 2 aliphatic rings. The van der Waals surface area contributed by atoms with Crippen molar-refractivity contribution in [3.05, 3.63) is 16.7 Å². The molecule has 2 aliphatic heterocycles. The molecule has 2 unspecified atom stereocenters. The Morgan fingerprint density at radius 3 is 2.53 bits per heavy atom. The smallest absolute Gasteiger partial charge is 0.369 e. The van der Waals surface area contributed by atoms with Crippen LogP contribution < -0.4 is 11.3 Å². The molecule has 190 valence electrons. The van der Waals surface area contributed by atoms with Gasteiger partial charge in [0.05, 0.1) is 6.33 Å². The number of aliphatic hydroxyl groups is 1. The maximum absolute atomic E-state index is 13.8. The van der Waals surface area contributed by atoms with Crippen molar-refractivity contribution in [3.8, 4) is 0 Å². The van der Waals surface area contributed by atoms with Crippen LogP contribution in [0.2, 0.25) is 0 Å². The molecule has 6 atom stereocenters. The number of nitrogens with zero attached hydrogens (tertiary/aromatic N) is 3. The SMILES string of the molecule is CC1(C)O[C@@H]2[C@H](O1)[C@@H](C(O)OP(=O)(O)C(F)(F)P(=O)(O)O)O[C@H]2n1cnc2c(=O)[nH]c(N)nc21. The van der Waals surface area contributed by atoms with E-state index in [1.165, 1.54) is 18.4 Å². The van der Waals surface area contributed by atoms with E-state index in [0.717, 1.165) is 6.33 Å². The molecule has 0 saturated carbocycles. The normalized spacial score (nSPS) is 29.8. The minimum Gasteiger partial charge on any atom is -0.369 e. The Bertz CT molecular complexity index is 1280. The van der Waals surface area contributed by atoms with Gasteiger partial charge >= 0.3 is 20.6 Å². The molecule has 0 aromatic carbocycles. The number of aromatic nitrogens is 4. The second-order valence-electron chi connectivity index (χ2n) is 7.90. The van der Waals surface area contributed by atoms with Crippen molar-refractivity contribution in [2.75, 3.05) is 5.73 Å². The van der Waals surface area contributed by atoms with Crippen molar-refractivity contribution in [3.63, 3.8) is 0 Å². The van der Waals surface area contributed by atoms with Gasteiger partial charge in [-0.25, -0.2) is 4.98 Å². The summed E-state index contributed by atoms with van der Waals surface area (Å²) in [6.07, 6.45) is -6.99. The lowest BCUT2D eigenvalue weighted by atomic mass is 10.1. The second-order valence-corrected chi connectivity index (χ2v) is 11.7. The fourth-order valence-electron chi connectivity index (χ4n) is 3.62. The summed E-state index contributed by atoms with van der Waals surface area (Å²) >= 11 is 0. The van der Waals surface area contributed by atoms with Crippen LogP contribution in [0.3, 0.4) is 0 Å². The van der Waals surface area contributed by atoms with E-state index in [-0.39, 0.29) is 17.1 Å². The number of hydrogen-bond donors (Lipinski definition) is 6. The van der Waals surface area contributed by atoms with Gasteiger partial charge in [0, 0.05) is 0 Å². The van der Waals surface area contributed by atoms with E-state index < -0.39 is 62.8 Å². The summed E-state index contributed by atoms with van der Waals surface area (Å²) in [5, 5.41) is 4.81. The Balaban J connectivity index is 1.69. The number of halogens is 2. The van der Waals surface area contributed by atoms with E-state index in [1.807, 2.05) is 0 Å². The van der Waals surface area contributed by atoms with Gasteiger partial charge in [-0.3, -0.25) is 28.0 Å². The van der Waals surface area contributed by atoms with Gasteiger partial charge in [-0.15, -0.1) is 0 Å². The largest absolute Gasteiger partial charge is 0.443 e. The predicted octanol–water partition coefficient (Wildman–Crippen LogP) is -0.632. The summed E-state index contributed by atoms with van der Waals surface area (Å²) < 4.78 is 72.8. The van der Waals surface area contributed by atoms with Crippen LogP contribution in [0.4, 0.5) is 14.7 Å². The second kappa shape index (κ2) is 7.83. The monoisotopic (exact) mass is 533 g/mol. The van der Waals surface area contributed by atoms with Crippen LogP contribution in [0.1, 0.15) is 20.1 Å². The molecule has 7 N–H and O–H groups in total. The number of aromatic amines is 1. The van der Waals surface area contributed by atoms with Crippen molar-refractivity contribution < 1.29 is 56.4 Å². The first-order chi connectivity index (χ1) is 15.5. The summed E-state index contributed by atoms with van der Waals surface area (Å²) in [7, 11) is -12.9. The van der Waals surface area contributed by atoms with Gasteiger partial charge in [-0.05, 0) is 13.8 Å². The highest BCUT2D eigenvalue weighted by atomic mass is 31.2. The third-order valence-corrected chi connectivity index (χ3v) is 8.43. The summed E-state index contributed by atoms with van der Waals surface area (Å²) in [6.45, 7) is 2.94. The maximum Gasteiger partial charge on any atom is 0.443 e. The molecule has 0 spiro atoms. The molecule has 34 heavy (non-hydrogen) atoms. The topological polar surface area (TPSA) is 242 Å². The molecule has 2 aromatic heterocycles.